The van der Waals surface area contributed by atoms with Crippen LogP contribution in [0.25, 0.3) is 10.4 Å². The summed E-state index contributed by atoms with van der Waals surface area (Å²) in [6.07, 6.45) is -6.75. The van der Waals surface area contributed by atoms with Gasteiger partial charge in [0.05, 0.1) is 0 Å². The molecule has 0 aromatic heterocycles. The van der Waals surface area contributed by atoms with Crippen LogP contribution in [0.2, 0.25) is 0 Å². The molecule has 1 fully saturated rings. The van der Waals surface area contributed by atoms with Gasteiger partial charge in [0.15, 0.2) is 12.2 Å². The molecular formula is C13H18N4O9. The van der Waals surface area contributed by atoms with E-state index in [9.17, 15) is 24.3 Å². The number of nitrogens with two attached hydrogens (primary N) is 1. The fourth-order valence-corrected chi connectivity index (χ4v) is 2.36. The summed E-state index contributed by atoms with van der Waals surface area (Å²) in [7, 11) is 0. The summed E-state index contributed by atoms with van der Waals surface area (Å²) in [5, 5.41) is 13.6. The summed E-state index contributed by atoms with van der Waals surface area (Å²) in [6.45, 7) is 2.45. The van der Waals surface area contributed by atoms with E-state index in [2.05, 4.69) is 10.0 Å². The van der Waals surface area contributed by atoms with Gasteiger partial charge in [-0.25, -0.2) is 0 Å². The molecule has 0 aromatic rings. The molecule has 1 aliphatic heterocycles. The Kier molecular flexibility index (Phi) is 6.89. The molecule has 1 rings (SSSR count). The third-order valence-corrected chi connectivity index (χ3v) is 3.32. The van der Waals surface area contributed by atoms with Crippen molar-refractivity contribution in [1.29, 1.82) is 0 Å². The number of carbonyl (C=O) groups is 4. The van der Waals surface area contributed by atoms with Crippen LogP contribution in [-0.4, -0.2) is 65.7 Å². The first-order valence-corrected chi connectivity index (χ1v) is 7.25. The lowest BCUT2D eigenvalue weighted by Crippen LogP contribution is -2.70. The van der Waals surface area contributed by atoms with Crippen LogP contribution in [0.5, 0.6) is 0 Å². The number of rotatable bonds is 6. The third kappa shape index (κ3) is 4.59. The lowest BCUT2D eigenvalue weighted by Gasteiger charge is -2.46. The molecule has 13 heteroatoms. The Balaban J connectivity index is 3.45. The zero-order valence-corrected chi connectivity index (χ0v) is 14.1. The topological polar surface area (TPSA) is 200 Å². The van der Waals surface area contributed by atoms with Crippen molar-refractivity contribution in [2.45, 2.75) is 50.9 Å². The Bertz CT molecular complexity index is 644. The summed E-state index contributed by atoms with van der Waals surface area (Å²) in [4.78, 5) is 48.2. The van der Waals surface area contributed by atoms with Crippen molar-refractivity contribution in [3.63, 3.8) is 0 Å². The van der Waals surface area contributed by atoms with Gasteiger partial charge in [0.25, 0.3) is 11.6 Å². The van der Waals surface area contributed by atoms with Crippen LogP contribution in [0, 0.1) is 0 Å². The second-order valence-corrected chi connectivity index (χ2v) is 5.30. The summed E-state index contributed by atoms with van der Waals surface area (Å²) in [5.41, 5.74) is 11.4. The number of amides is 1. The highest BCUT2D eigenvalue weighted by atomic mass is 16.6. The number of ether oxygens (including phenoxy) is 4. The van der Waals surface area contributed by atoms with Gasteiger partial charge in [-0.05, 0) is 10.6 Å². The molecule has 0 saturated carbocycles. The molecule has 3 N–H and O–H groups in total. The van der Waals surface area contributed by atoms with Gasteiger partial charge in [0.2, 0.25) is 0 Å². The van der Waals surface area contributed by atoms with Gasteiger partial charge >= 0.3 is 17.9 Å². The van der Waals surface area contributed by atoms with E-state index in [1.807, 2.05) is 0 Å². The van der Waals surface area contributed by atoms with Crippen LogP contribution in [0.4, 0.5) is 0 Å². The highest BCUT2D eigenvalue weighted by molar-refractivity contribution is 5.85. The van der Waals surface area contributed by atoms with Crippen LogP contribution >= 0.6 is 0 Å². The summed E-state index contributed by atoms with van der Waals surface area (Å²) >= 11 is 0. The SMILES string of the molecule is CC(=O)OC[C@H]1O[C@](N=[N+]=[N-])(C(N)=O)[C@H](OC(C)=O)[C@@H](OC(C)=O)[C@H]1O. The van der Waals surface area contributed by atoms with Crippen LogP contribution in [0.3, 0.4) is 0 Å². The molecule has 1 aliphatic rings. The van der Waals surface area contributed by atoms with Gasteiger partial charge in [0, 0.05) is 25.7 Å². The fraction of sp³-hybridized carbons (Fsp3) is 0.692. The van der Waals surface area contributed by atoms with E-state index in [-0.39, 0.29) is 0 Å². The molecule has 26 heavy (non-hydrogen) atoms. The maximum atomic E-state index is 12.0. The second kappa shape index (κ2) is 8.47. The number of hydrogen-bond donors (Lipinski definition) is 2. The number of aliphatic hydroxyl groups is 1. The highest BCUT2D eigenvalue weighted by Gasteiger charge is 2.61. The smallest absolute Gasteiger partial charge is 0.303 e. The Morgan fingerprint density at radius 3 is 2.19 bits per heavy atom. The molecule has 1 heterocycles. The predicted molar refractivity (Wildman–Crippen MR) is 79.7 cm³/mol. The Labute approximate surface area is 146 Å². The van der Waals surface area contributed by atoms with Gasteiger partial charge in [-0.15, -0.1) is 0 Å². The lowest BCUT2D eigenvalue weighted by molar-refractivity contribution is -0.272. The van der Waals surface area contributed by atoms with Gasteiger partial charge in [-0.3, -0.25) is 19.2 Å². The zero-order chi connectivity index (χ0) is 20.1. The largest absolute Gasteiger partial charge is 0.463 e. The van der Waals surface area contributed by atoms with Crippen molar-refractivity contribution in [3.05, 3.63) is 10.4 Å². The maximum Gasteiger partial charge on any atom is 0.303 e. The van der Waals surface area contributed by atoms with E-state index in [0.29, 0.717) is 0 Å². The maximum absolute atomic E-state index is 12.0. The molecule has 5 atom stereocenters. The van der Waals surface area contributed by atoms with Crippen LogP contribution in [0.1, 0.15) is 20.8 Å². The van der Waals surface area contributed by atoms with E-state index < -0.39 is 60.6 Å². The van der Waals surface area contributed by atoms with Crippen LogP contribution < -0.4 is 5.73 Å². The van der Waals surface area contributed by atoms with Crippen molar-refractivity contribution in [3.8, 4) is 0 Å². The molecule has 0 unspecified atom stereocenters. The number of hydrogen-bond acceptors (Lipinski definition) is 10. The monoisotopic (exact) mass is 374 g/mol. The highest BCUT2D eigenvalue weighted by Crippen LogP contribution is 2.35. The molecule has 1 amide bonds. The molecule has 13 nitrogen and oxygen atoms in total. The van der Waals surface area contributed by atoms with Crippen molar-refractivity contribution in [2.24, 2.45) is 10.8 Å². The summed E-state index contributed by atoms with van der Waals surface area (Å²) < 4.78 is 19.8. The quantitative estimate of drug-likeness (QED) is 0.185. The Morgan fingerprint density at radius 2 is 1.77 bits per heavy atom. The number of carbonyl (C=O) groups excluding carboxylic acids is 4. The zero-order valence-electron chi connectivity index (χ0n) is 14.1. The van der Waals surface area contributed by atoms with E-state index in [4.69, 9.17) is 30.2 Å². The normalized spacial score (nSPS) is 30.5. The van der Waals surface area contributed by atoms with E-state index in [1.165, 1.54) is 0 Å². The molecule has 144 valence electrons. The molecule has 0 bridgehead atoms. The minimum atomic E-state index is -2.65. The average Bonchev–Trinajstić information content (AvgIpc) is 2.51. The molecule has 1 saturated heterocycles. The third-order valence-electron chi connectivity index (χ3n) is 3.32. The molecule has 0 aliphatic carbocycles. The van der Waals surface area contributed by atoms with E-state index in [1.54, 1.807) is 0 Å². The first-order chi connectivity index (χ1) is 12.0. The summed E-state index contributed by atoms with van der Waals surface area (Å²) in [6, 6.07) is 0. The molecular weight excluding hydrogens is 356 g/mol. The second-order valence-electron chi connectivity index (χ2n) is 5.30. The minimum Gasteiger partial charge on any atom is -0.463 e. The number of nitrogens with zero attached hydrogens (tertiary/aromatic N) is 3. The lowest BCUT2D eigenvalue weighted by atomic mass is 9.90. The fourth-order valence-electron chi connectivity index (χ4n) is 2.36. The first kappa shape index (κ1) is 21.2. The number of azide groups is 1. The van der Waals surface area contributed by atoms with Crippen molar-refractivity contribution in [2.75, 3.05) is 6.61 Å². The Morgan fingerprint density at radius 1 is 1.19 bits per heavy atom. The molecule has 0 aromatic carbocycles. The van der Waals surface area contributed by atoms with Gasteiger partial charge < -0.3 is 29.8 Å². The van der Waals surface area contributed by atoms with Gasteiger partial charge in [-0.2, -0.15) is 0 Å². The van der Waals surface area contributed by atoms with Crippen LogP contribution in [0.15, 0.2) is 5.11 Å². The molecule has 0 radical (unpaired) electrons. The summed E-state index contributed by atoms with van der Waals surface area (Å²) in [5.74, 6) is -3.97. The Hall–Kier alpha value is -2.89. The van der Waals surface area contributed by atoms with Crippen molar-refractivity contribution >= 4 is 23.8 Å². The number of aliphatic hydroxyl groups excluding tert-OH is 1. The average molecular weight is 374 g/mol. The van der Waals surface area contributed by atoms with E-state index in [0.717, 1.165) is 20.8 Å². The van der Waals surface area contributed by atoms with Crippen LogP contribution in [-0.2, 0) is 38.1 Å². The van der Waals surface area contributed by atoms with Gasteiger partial charge in [0.1, 0.15) is 18.8 Å². The van der Waals surface area contributed by atoms with E-state index >= 15 is 0 Å². The number of esters is 3. The predicted octanol–water partition coefficient (Wildman–Crippen LogP) is -1.34. The van der Waals surface area contributed by atoms with Crippen molar-refractivity contribution in [1.82, 2.24) is 0 Å². The minimum absolute atomic E-state index is 0.586. The van der Waals surface area contributed by atoms with Crippen molar-refractivity contribution < 1.29 is 43.2 Å². The standard InChI is InChI=1S/C13H18N4O9/c1-5(18)23-4-8-9(21)10(24-6(2)19)11(25-7(3)20)13(26-8,12(14)22)16-17-15/h8-11,21H,4H2,1-3H3,(H2,14,22)/t8-,9+,10+,11-,13+/m1/s1. The molecule has 0 spiro atoms. The number of primary amides is 1. The van der Waals surface area contributed by atoms with Gasteiger partial charge in [-0.1, -0.05) is 0 Å². The first-order valence-electron chi connectivity index (χ1n) is 7.25.